The normalized spacial score (nSPS) is 11.9. The second-order valence-corrected chi connectivity index (χ2v) is 5.28. The molecule has 0 fully saturated rings. The Balaban J connectivity index is 2.32. The van der Waals surface area contributed by atoms with Gasteiger partial charge in [-0.25, -0.2) is 0 Å². The van der Waals surface area contributed by atoms with E-state index in [0.717, 1.165) is 5.56 Å². The molecular weight excluding hydrogens is 280 g/mol. The number of methoxy groups -OCH3 is 1. The van der Waals surface area contributed by atoms with Crippen LogP contribution < -0.4 is 4.74 Å². The largest absolute Gasteiger partial charge is 0.610 e. The van der Waals surface area contributed by atoms with Gasteiger partial charge in [0, 0.05) is 28.9 Å². The van der Waals surface area contributed by atoms with Crippen LogP contribution >= 0.6 is 0 Å². The number of nitro groups is 1. The first-order chi connectivity index (χ1) is 9.61. The average Bonchev–Trinajstić information content (AvgIpc) is 2.47. The van der Waals surface area contributed by atoms with Crippen molar-refractivity contribution in [3.63, 3.8) is 0 Å². The summed E-state index contributed by atoms with van der Waals surface area (Å²) >= 11 is -1.61. The van der Waals surface area contributed by atoms with Crippen LogP contribution in [0.3, 0.4) is 0 Å². The summed E-state index contributed by atoms with van der Waals surface area (Å²) in [7, 11) is 1.40. The van der Waals surface area contributed by atoms with Crippen molar-refractivity contribution in [3.8, 4) is 5.88 Å². The smallest absolute Gasteiger partial charge is 0.344 e. The van der Waals surface area contributed by atoms with E-state index in [4.69, 9.17) is 4.74 Å². The Hall–Kier alpha value is -2.12. The molecule has 0 aliphatic heterocycles. The molecule has 0 radical (unpaired) electrons. The lowest BCUT2D eigenvalue weighted by Gasteiger charge is -2.10. The lowest BCUT2D eigenvalue weighted by Crippen LogP contribution is -2.10. The number of benzene rings is 1. The minimum atomic E-state index is -1.61. The van der Waals surface area contributed by atoms with Crippen molar-refractivity contribution in [3.05, 3.63) is 58.1 Å². The molecule has 0 bridgehead atoms. The summed E-state index contributed by atoms with van der Waals surface area (Å²) in [5, 5.41) is 10.9. The highest BCUT2D eigenvalue weighted by molar-refractivity contribution is 7.90. The maximum Gasteiger partial charge on any atom is 0.344 e. The fourth-order valence-electron chi connectivity index (χ4n) is 1.63. The van der Waals surface area contributed by atoms with Gasteiger partial charge in [-0.1, -0.05) is 30.3 Å². The number of hydrogen-bond acceptors (Lipinski definition) is 5. The summed E-state index contributed by atoms with van der Waals surface area (Å²) in [6.45, 7) is 0. The first-order valence-electron chi connectivity index (χ1n) is 5.73. The minimum Gasteiger partial charge on any atom is -0.610 e. The number of nitrogens with zero attached hydrogens (tertiary/aromatic N) is 2. The highest BCUT2D eigenvalue weighted by Crippen LogP contribution is 2.27. The van der Waals surface area contributed by atoms with E-state index < -0.39 is 16.1 Å². The maximum absolute atomic E-state index is 12.3. The second kappa shape index (κ2) is 6.36. The zero-order valence-electron chi connectivity index (χ0n) is 10.7. The molecule has 1 heterocycles. The predicted molar refractivity (Wildman–Crippen MR) is 74.0 cm³/mol. The van der Waals surface area contributed by atoms with Gasteiger partial charge in [-0.15, -0.1) is 0 Å². The summed E-state index contributed by atoms with van der Waals surface area (Å²) in [5.74, 6) is 0.369. The van der Waals surface area contributed by atoms with Gasteiger partial charge in [0.05, 0.1) is 12.0 Å². The third-order valence-corrected chi connectivity index (χ3v) is 3.90. The van der Waals surface area contributed by atoms with Gasteiger partial charge in [-0.2, -0.15) is 4.98 Å². The van der Waals surface area contributed by atoms with Crippen LogP contribution in [0.25, 0.3) is 0 Å². The quantitative estimate of drug-likeness (QED) is 0.479. The fourth-order valence-corrected chi connectivity index (χ4v) is 2.83. The van der Waals surface area contributed by atoms with Gasteiger partial charge in [-0.05, 0) is 0 Å². The lowest BCUT2D eigenvalue weighted by atomic mass is 10.2. The second-order valence-electron chi connectivity index (χ2n) is 3.91. The molecule has 0 saturated carbocycles. The molecule has 2 rings (SSSR count). The highest BCUT2D eigenvalue weighted by atomic mass is 32.2. The van der Waals surface area contributed by atoms with Crippen molar-refractivity contribution in [1.82, 2.24) is 4.98 Å². The van der Waals surface area contributed by atoms with Crippen molar-refractivity contribution < 1.29 is 14.2 Å². The van der Waals surface area contributed by atoms with Crippen molar-refractivity contribution in [2.75, 3.05) is 7.11 Å². The molecule has 20 heavy (non-hydrogen) atoms. The molecule has 0 aliphatic rings. The number of pyridine rings is 1. The molecule has 0 spiro atoms. The third kappa shape index (κ3) is 3.25. The van der Waals surface area contributed by atoms with Crippen LogP contribution in [0.15, 0.2) is 47.5 Å². The van der Waals surface area contributed by atoms with E-state index in [9.17, 15) is 14.7 Å². The zero-order valence-corrected chi connectivity index (χ0v) is 11.5. The Morgan fingerprint density at radius 1 is 1.25 bits per heavy atom. The first kappa shape index (κ1) is 14.3. The molecule has 0 saturated heterocycles. The fraction of sp³-hybridized carbons (Fsp3) is 0.154. The Labute approximate surface area is 118 Å². The Morgan fingerprint density at radius 3 is 2.55 bits per heavy atom. The minimum absolute atomic E-state index is 0.0711. The monoisotopic (exact) mass is 292 g/mol. The lowest BCUT2D eigenvalue weighted by molar-refractivity contribution is -0.388. The Bertz CT molecular complexity index is 607. The van der Waals surface area contributed by atoms with Crippen LogP contribution in [0.4, 0.5) is 5.69 Å². The molecule has 0 N–H and O–H groups in total. The van der Waals surface area contributed by atoms with Crippen LogP contribution in [0.5, 0.6) is 5.88 Å². The van der Waals surface area contributed by atoms with E-state index in [-0.39, 0.29) is 22.3 Å². The number of ether oxygens (including phenoxy) is 1. The topological polar surface area (TPSA) is 88.3 Å². The molecule has 1 unspecified atom stereocenters. The number of aromatic nitrogens is 1. The standard InChI is InChI=1S/C13H12N2O4S/c1-19-12-8-7-11(15(16)17)13(14-12)20(18)9-10-5-3-2-4-6-10/h2-8H,9H2,1H3. The molecule has 6 nitrogen and oxygen atoms in total. The van der Waals surface area contributed by atoms with Crippen molar-refractivity contribution in [2.24, 2.45) is 0 Å². The summed E-state index contributed by atoms with van der Waals surface area (Å²) < 4.78 is 17.2. The molecule has 1 atom stereocenters. The average molecular weight is 292 g/mol. The third-order valence-electron chi connectivity index (χ3n) is 2.58. The van der Waals surface area contributed by atoms with Crippen molar-refractivity contribution in [1.29, 1.82) is 0 Å². The first-order valence-corrected chi connectivity index (χ1v) is 7.05. The molecule has 0 amide bonds. The van der Waals surface area contributed by atoms with Gasteiger partial charge in [-0.3, -0.25) is 10.1 Å². The van der Waals surface area contributed by atoms with Crippen LogP contribution in [0, 0.1) is 10.1 Å². The summed E-state index contributed by atoms with van der Waals surface area (Å²) in [6, 6.07) is 11.7. The summed E-state index contributed by atoms with van der Waals surface area (Å²) in [5.41, 5.74) is 0.560. The zero-order chi connectivity index (χ0) is 14.5. The Kier molecular flexibility index (Phi) is 4.54. The van der Waals surface area contributed by atoms with Crippen LogP contribution in [-0.2, 0) is 16.9 Å². The van der Waals surface area contributed by atoms with Gasteiger partial charge < -0.3 is 9.29 Å². The van der Waals surface area contributed by atoms with Crippen molar-refractivity contribution in [2.45, 2.75) is 10.8 Å². The van der Waals surface area contributed by atoms with E-state index in [1.807, 2.05) is 30.3 Å². The van der Waals surface area contributed by atoms with Gasteiger partial charge >= 0.3 is 10.7 Å². The maximum atomic E-state index is 12.3. The van der Waals surface area contributed by atoms with E-state index in [2.05, 4.69) is 4.98 Å². The number of rotatable bonds is 5. The number of hydrogen-bond donors (Lipinski definition) is 0. The van der Waals surface area contributed by atoms with E-state index in [1.54, 1.807) is 0 Å². The van der Waals surface area contributed by atoms with Crippen LogP contribution in [-0.4, -0.2) is 21.6 Å². The summed E-state index contributed by atoms with van der Waals surface area (Å²) in [6.07, 6.45) is 0. The highest BCUT2D eigenvalue weighted by Gasteiger charge is 2.27. The van der Waals surface area contributed by atoms with Gasteiger partial charge in [0.25, 0.3) is 0 Å². The van der Waals surface area contributed by atoms with Crippen LogP contribution in [0.2, 0.25) is 0 Å². The van der Waals surface area contributed by atoms with E-state index >= 15 is 0 Å². The van der Waals surface area contributed by atoms with Gasteiger partial charge in [0.1, 0.15) is 5.75 Å². The molecule has 7 heteroatoms. The van der Waals surface area contributed by atoms with Gasteiger partial charge in [0.15, 0.2) is 0 Å². The summed E-state index contributed by atoms with van der Waals surface area (Å²) in [4.78, 5) is 14.3. The molecular formula is C13H12N2O4S. The Morgan fingerprint density at radius 2 is 1.95 bits per heavy atom. The predicted octanol–water partition coefficient (Wildman–Crippen LogP) is 2.31. The molecule has 104 valence electrons. The van der Waals surface area contributed by atoms with Gasteiger partial charge in [0.2, 0.25) is 5.88 Å². The van der Waals surface area contributed by atoms with E-state index in [0.29, 0.717) is 0 Å². The molecule has 1 aromatic carbocycles. The molecule has 1 aromatic heterocycles. The molecule has 2 aromatic rings. The van der Waals surface area contributed by atoms with Crippen LogP contribution in [0.1, 0.15) is 5.56 Å². The SMILES string of the molecule is COc1ccc([N+](=O)[O-])c([S+]([O-])Cc2ccccc2)n1. The van der Waals surface area contributed by atoms with E-state index in [1.165, 1.54) is 19.2 Å². The molecule has 0 aliphatic carbocycles. The van der Waals surface area contributed by atoms with Crippen molar-refractivity contribution >= 4 is 16.9 Å².